The number of anilines is 1. The van der Waals surface area contributed by atoms with E-state index in [2.05, 4.69) is 4.74 Å². The Bertz CT molecular complexity index is 599. The van der Waals surface area contributed by atoms with Crippen LogP contribution in [0.5, 0.6) is 0 Å². The van der Waals surface area contributed by atoms with Gasteiger partial charge < -0.3 is 10.5 Å². The zero-order valence-electron chi connectivity index (χ0n) is 12.6. The Balaban J connectivity index is 3.16. The summed E-state index contributed by atoms with van der Waals surface area (Å²) in [6.07, 6.45) is 2.73. The molecule has 7 heteroatoms. The highest BCUT2D eigenvalue weighted by Crippen LogP contribution is 2.23. The molecule has 6 nitrogen and oxygen atoms in total. The van der Waals surface area contributed by atoms with Crippen LogP contribution in [0.1, 0.15) is 36.5 Å². The summed E-state index contributed by atoms with van der Waals surface area (Å²) in [6, 6.07) is 4.12. The van der Waals surface area contributed by atoms with Crippen LogP contribution in [0.4, 0.5) is 5.69 Å². The molecular weight excluding hydrogens is 292 g/mol. The number of sulfonamides is 1. The van der Waals surface area contributed by atoms with Crippen LogP contribution >= 0.6 is 0 Å². The summed E-state index contributed by atoms with van der Waals surface area (Å²) in [5.41, 5.74) is 5.89. The highest BCUT2D eigenvalue weighted by Gasteiger charge is 2.26. The monoisotopic (exact) mass is 314 g/mol. The number of methoxy groups -OCH3 is 1. The first-order valence-electron chi connectivity index (χ1n) is 6.78. The second kappa shape index (κ2) is 7.42. The van der Waals surface area contributed by atoms with E-state index in [0.29, 0.717) is 12.2 Å². The summed E-state index contributed by atoms with van der Waals surface area (Å²) in [7, 11) is -1.04. The van der Waals surface area contributed by atoms with Crippen molar-refractivity contribution in [1.82, 2.24) is 4.31 Å². The van der Waals surface area contributed by atoms with E-state index in [0.717, 1.165) is 19.3 Å². The predicted molar refractivity (Wildman–Crippen MR) is 81.5 cm³/mol. The van der Waals surface area contributed by atoms with Gasteiger partial charge in [-0.15, -0.1) is 0 Å². The van der Waals surface area contributed by atoms with Gasteiger partial charge in [-0.1, -0.05) is 19.8 Å². The Hall–Kier alpha value is -1.60. The van der Waals surface area contributed by atoms with Crippen LogP contribution in [-0.4, -0.2) is 39.4 Å². The lowest BCUT2D eigenvalue weighted by Crippen LogP contribution is -2.29. The van der Waals surface area contributed by atoms with E-state index in [4.69, 9.17) is 5.73 Å². The minimum atomic E-state index is -3.75. The maximum absolute atomic E-state index is 12.6. The third kappa shape index (κ3) is 4.18. The Kier molecular flexibility index (Phi) is 6.17. The van der Waals surface area contributed by atoms with Gasteiger partial charge in [0.25, 0.3) is 0 Å². The Labute approximate surface area is 125 Å². The van der Waals surface area contributed by atoms with E-state index in [1.807, 2.05) is 6.92 Å². The van der Waals surface area contributed by atoms with Crippen LogP contribution in [0.25, 0.3) is 0 Å². The molecule has 0 aliphatic carbocycles. The average Bonchev–Trinajstić information content (AvgIpc) is 2.46. The molecule has 0 bridgehead atoms. The van der Waals surface area contributed by atoms with Gasteiger partial charge in [0.2, 0.25) is 10.0 Å². The molecule has 2 N–H and O–H groups in total. The molecule has 0 aliphatic heterocycles. The quantitative estimate of drug-likeness (QED) is 0.471. The number of benzene rings is 1. The topological polar surface area (TPSA) is 89.7 Å². The van der Waals surface area contributed by atoms with Crippen molar-refractivity contribution in [3.63, 3.8) is 0 Å². The van der Waals surface area contributed by atoms with Gasteiger partial charge in [-0.3, -0.25) is 0 Å². The van der Waals surface area contributed by atoms with Gasteiger partial charge in [-0.05, 0) is 24.6 Å². The molecule has 1 aromatic rings. The van der Waals surface area contributed by atoms with Crippen molar-refractivity contribution in [2.24, 2.45) is 0 Å². The van der Waals surface area contributed by atoms with Gasteiger partial charge >= 0.3 is 5.97 Å². The minimum Gasteiger partial charge on any atom is -0.465 e. The smallest absolute Gasteiger partial charge is 0.339 e. The Morgan fingerprint density at radius 2 is 2.00 bits per heavy atom. The highest BCUT2D eigenvalue weighted by molar-refractivity contribution is 7.89. The molecule has 1 rings (SSSR count). The van der Waals surface area contributed by atoms with Crippen molar-refractivity contribution in [2.45, 2.75) is 31.1 Å². The number of esters is 1. The normalized spacial score (nSPS) is 11.6. The van der Waals surface area contributed by atoms with Gasteiger partial charge in [0.15, 0.2) is 0 Å². The number of nitrogens with zero attached hydrogens (tertiary/aromatic N) is 1. The maximum Gasteiger partial charge on any atom is 0.339 e. The van der Waals surface area contributed by atoms with Gasteiger partial charge in [-0.25, -0.2) is 17.5 Å². The first-order chi connectivity index (χ1) is 9.84. The number of unbranched alkanes of at least 4 members (excludes halogenated alkanes) is 2. The molecule has 0 spiro atoms. The molecule has 0 fully saturated rings. The average molecular weight is 314 g/mol. The minimum absolute atomic E-state index is 0.0418. The number of nitrogen functional groups attached to an aromatic ring is 1. The van der Waals surface area contributed by atoms with E-state index >= 15 is 0 Å². The summed E-state index contributed by atoms with van der Waals surface area (Å²) >= 11 is 0. The molecule has 0 aromatic heterocycles. The largest absolute Gasteiger partial charge is 0.465 e. The molecule has 1 aromatic carbocycles. The molecule has 0 saturated heterocycles. The predicted octanol–water partition coefficient (Wildman–Crippen LogP) is 1.87. The van der Waals surface area contributed by atoms with Crippen molar-refractivity contribution in [1.29, 1.82) is 0 Å². The lowest BCUT2D eigenvalue weighted by atomic mass is 10.2. The number of hydrogen-bond acceptors (Lipinski definition) is 5. The molecule has 0 aliphatic rings. The highest BCUT2D eigenvalue weighted by atomic mass is 32.2. The van der Waals surface area contributed by atoms with Gasteiger partial charge in [0.1, 0.15) is 0 Å². The zero-order chi connectivity index (χ0) is 16.0. The molecule has 21 heavy (non-hydrogen) atoms. The Morgan fingerprint density at radius 1 is 1.33 bits per heavy atom. The van der Waals surface area contributed by atoms with Crippen LogP contribution in [0.15, 0.2) is 23.1 Å². The SMILES string of the molecule is CCCCCN(C)S(=O)(=O)c1ccc(N)cc1C(=O)OC. The number of ether oxygens (including phenoxy) is 1. The number of hydrogen-bond donors (Lipinski definition) is 1. The number of carbonyl (C=O) groups is 1. The van der Waals surface area contributed by atoms with Crippen molar-refractivity contribution in [3.05, 3.63) is 23.8 Å². The van der Waals surface area contributed by atoms with Crippen molar-refractivity contribution in [2.75, 3.05) is 26.4 Å². The fraction of sp³-hybridized carbons (Fsp3) is 0.500. The molecular formula is C14H22N2O4S. The second-order valence-electron chi connectivity index (χ2n) is 4.78. The van der Waals surface area contributed by atoms with E-state index in [-0.39, 0.29) is 10.5 Å². The van der Waals surface area contributed by atoms with Crippen LogP contribution in [0.2, 0.25) is 0 Å². The van der Waals surface area contributed by atoms with Crippen molar-refractivity contribution < 1.29 is 17.9 Å². The summed E-state index contributed by atoms with van der Waals surface area (Å²) < 4.78 is 31.0. The third-order valence-electron chi connectivity index (χ3n) is 3.17. The van der Waals surface area contributed by atoms with Crippen molar-refractivity contribution in [3.8, 4) is 0 Å². The van der Waals surface area contributed by atoms with Crippen LogP contribution in [-0.2, 0) is 14.8 Å². The summed E-state index contributed by atoms with van der Waals surface area (Å²) in [5, 5.41) is 0. The molecule has 0 radical (unpaired) electrons. The molecule has 0 heterocycles. The van der Waals surface area contributed by atoms with E-state index < -0.39 is 16.0 Å². The Morgan fingerprint density at radius 3 is 2.57 bits per heavy atom. The fourth-order valence-electron chi connectivity index (χ4n) is 1.91. The third-order valence-corrected chi connectivity index (χ3v) is 5.09. The zero-order valence-corrected chi connectivity index (χ0v) is 13.4. The van der Waals surface area contributed by atoms with Crippen LogP contribution in [0, 0.1) is 0 Å². The van der Waals surface area contributed by atoms with Gasteiger partial charge in [0.05, 0.1) is 17.6 Å². The van der Waals surface area contributed by atoms with E-state index in [1.165, 1.54) is 36.7 Å². The van der Waals surface area contributed by atoms with Crippen LogP contribution in [0.3, 0.4) is 0 Å². The molecule has 0 amide bonds. The van der Waals surface area contributed by atoms with Crippen LogP contribution < -0.4 is 5.73 Å². The standard InChI is InChI=1S/C14H22N2O4S/c1-4-5-6-9-16(2)21(18,19)13-8-7-11(15)10-12(13)14(17)20-3/h7-8,10H,4-6,9,15H2,1-3H3. The lowest BCUT2D eigenvalue weighted by Gasteiger charge is -2.18. The second-order valence-corrected chi connectivity index (χ2v) is 6.79. The molecule has 118 valence electrons. The first kappa shape index (κ1) is 17.5. The number of nitrogens with two attached hydrogens (primary N) is 1. The number of carbonyl (C=O) groups excluding carboxylic acids is 1. The van der Waals surface area contributed by atoms with Gasteiger partial charge in [0, 0.05) is 19.3 Å². The van der Waals surface area contributed by atoms with E-state index in [1.54, 1.807) is 0 Å². The summed E-state index contributed by atoms with van der Waals surface area (Å²) in [6.45, 7) is 2.45. The van der Waals surface area contributed by atoms with Gasteiger partial charge in [-0.2, -0.15) is 0 Å². The summed E-state index contributed by atoms with van der Waals surface area (Å²) in [4.78, 5) is 11.7. The molecule has 0 atom stereocenters. The fourth-order valence-corrected chi connectivity index (χ4v) is 3.28. The van der Waals surface area contributed by atoms with Crippen molar-refractivity contribution >= 4 is 21.7 Å². The first-order valence-corrected chi connectivity index (χ1v) is 8.22. The number of rotatable bonds is 7. The molecule has 0 unspecified atom stereocenters. The van der Waals surface area contributed by atoms with E-state index in [9.17, 15) is 13.2 Å². The summed E-state index contributed by atoms with van der Waals surface area (Å²) in [5.74, 6) is -0.720. The maximum atomic E-state index is 12.6. The lowest BCUT2D eigenvalue weighted by molar-refractivity contribution is 0.0596. The molecule has 0 saturated carbocycles.